The van der Waals surface area contributed by atoms with E-state index in [1.54, 1.807) is 0 Å². The molecule has 0 saturated heterocycles. The molecular formula is C2H3Cl3OSi. The molecule has 0 heterocycles. The van der Waals surface area contributed by atoms with Gasteiger partial charge in [-0.05, 0) is 6.92 Å². The quantitative estimate of drug-likeness (QED) is 0.441. The van der Waals surface area contributed by atoms with Crippen molar-refractivity contribution >= 4 is 44.6 Å². The van der Waals surface area contributed by atoms with Gasteiger partial charge in [0.15, 0.2) is 5.41 Å². The number of hydrogen-bond donors (Lipinski definition) is 0. The summed E-state index contributed by atoms with van der Waals surface area (Å²) in [6.45, 7) is 1.28. The van der Waals surface area contributed by atoms with Crippen LogP contribution >= 0.6 is 33.2 Å². The molecule has 0 aliphatic heterocycles. The molecule has 5 heteroatoms. The predicted molar refractivity (Wildman–Crippen MR) is 34.0 cm³/mol. The van der Waals surface area contributed by atoms with Crippen molar-refractivity contribution < 1.29 is 4.79 Å². The summed E-state index contributed by atoms with van der Waals surface area (Å²) >= 11 is 15.6. The van der Waals surface area contributed by atoms with Gasteiger partial charge in [0.2, 0.25) is 0 Å². The normalized spacial score (nSPS) is 11.4. The molecule has 0 aliphatic carbocycles. The van der Waals surface area contributed by atoms with Gasteiger partial charge in [0.1, 0.15) is 0 Å². The zero-order chi connectivity index (χ0) is 6.08. The second-order valence-corrected chi connectivity index (χ2v) is 9.60. The fourth-order valence-corrected chi connectivity index (χ4v) is 0. The molecule has 0 amide bonds. The molecule has 0 radical (unpaired) electrons. The number of rotatable bonds is 1. The van der Waals surface area contributed by atoms with Crippen LogP contribution in [0.4, 0.5) is 0 Å². The minimum atomic E-state index is -2.96. The van der Waals surface area contributed by atoms with Crippen molar-refractivity contribution in [2.45, 2.75) is 6.92 Å². The van der Waals surface area contributed by atoms with Crippen LogP contribution in [0.2, 0.25) is 0 Å². The first-order valence-corrected chi connectivity index (χ1v) is 6.56. The number of hydrogen-bond acceptors (Lipinski definition) is 1. The molecule has 1 nitrogen and oxygen atoms in total. The summed E-state index contributed by atoms with van der Waals surface area (Å²) in [5, 5.41) is -0.322. The van der Waals surface area contributed by atoms with Crippen LogP contribution < -0.4 is 0 Å². The second kappa shape index (κ2) is 2.35. The highest BCUT2D eigenvalue weighted by Crippen LogP contribution is 2.19. The molecule has 7 heavy (non-hydrogen) atoms. The Morgan fingerprint density at radius 3 is 1.57 bits per heavy atom. The maximum atomic E-state index is 10.1. The van der Waals surface area contributed by atoms with E-state index in [-0.39, 0.29) is 5.41 Å². The summed E-state index contributed by atoms with van der Waals surface area (Å²) in [6.07, 6.45) is 0. The van der Waals surface area contributed by atoms with E-state index >= 15 is 0 Å². The molecule has 0 aromatic rings. The van der Waals surface area contributed by atoms with Gasteiger partial charge in [0.05, 0.1) is 0 Å². The molecule has 0 N–H and O–H groups in total. The van der Waals surface area contributed by atoms with Gasteiger partial charge in [-0.15, -0.1) is 33.2 Å². The van der Waals surface area contributed by atoms with E-state index in [4.69, 9.17) is 33.2 Å². The molecule has 0 bridgehead atoms. The summed E-state index contributed by atoms with van der Waals surface area (Å²) in [5.41, 5.74) is 0. The molecule has 0 spiro atoms. The molecular weight excluding hydrogens is 174 g/mol. The van der Waals surface area contributed by atoms with Crippen LogP contribution in [-0.2, 0) is 4.79 Å². The van der Waals surface area contributed by atoms with E-state index in [1.165, 1.54) is 6.92 Å². The largest absolute Gasteiger partial charge is 0.409 e. The monoisotopic (exact) mass is 176 g/mol. The Labute approximate surface area is 56.7 Å². The van der Waals surface area contributed by atoms with Crippen molar-refractivity contribution in [3.63, 3.8) is 0 Å². The lowest BCUT2D eigenvalue weighted by Crippen LogP contribution is -2.21. The molecule has 0 fully saturated rings. The van der Waals surface area contributed by atoms with Crippen molar-refractivity contribution in [1.82, 2.24) is 0 Å². The number of carbonyl (C=O) groups excluding carboxylic acids is 1. The van der Waals surface area contributed by atoms with Gasteiger partial charge >= 0.3 is 6.00 Å². The molecule has 0 unspecified atom stereocenters. The smallest absolute Gasteiger partial charge is 0.301 e. The number of halogens is 3. The molecule has 0 aromatic heterocycles. The lowest BCUT2D eigenvalue weighted by atomic mass is 10.9. The van der Waals surface area contributed by atoms with Gasteiger partial charge in [-0.25, -0.2) is 0 Å². The van der Waals surface area contributed by atoms with Crippen LogP contribution in [0, 0.1) is 0 Å². The van der Waals surface area contributed by atoms with Crippen molar-refractivity contribution in [3.05, 3.63) is 0 Å². The van der Waals surface area contributed by atoms with E-state index in [9.17, 15) is 4.79 Å². The summed E-state index contributed by atoms with van der Waals surface area (Å²) in [5.74, 6) is 0. The first kappa shape index (κ1) is 7.76. The molecule has 0 aromatic carbocycles. The van der Waals surface area contributed by atoms with Gasteiger partial charge in [0, 0.05) is 0 Å². The summed E-state index contributed by atoms with van der Waals surface area (Å²) in [7, 11) is 0. The third kappa shape index (κ3) is 3.35. The highest BCUT2D eigenvalue weighted by molar-refractivity contribution is 7.75. The lowest BCUT2D eigenvalue weighted by molar-refractivity contribution is -0.110. The third-order valence-corrected chi connectivity index (χ3v) is 3.59. The first-order valence-electron chi connectivity index (χ1n) is 1.52. The van der Waals surface area contributed by atoms with E-state index in [2.05, 4.69) is 0 Å². The van der Waals surface area contributed by atoms with E-state index in [1.807, 2.05) is 0 Å². The fourth-order valence-electron chi connectivity index (χ4n) is 0. The Hall–Kier alpha value is 0.757. The maximum Gasteiger partial charge on any atom is 0.409 e. The lowest BCUT2D eigenvalue weighted by Gasteiger charge is -1.97. The number of carbonyl (C=O) groups is 1. The second-order valence-electron chi connectivity index (χ2n) is 1.05. The van der Waals surface area contributed by atoms with Gasteiger partial charge in [-0.2, -0.15) is 0 Å². The summed E-state index contributed by atoms with van der Waals surface area (Å²) in [6, 6.07) is -2.96. The Bertz CT molecular complexity index is 85.4. The Balaban J connectivity index is 3.79. The van der Waals surface area contributed by atoms with Crippen molar-refractivity contribution in [1.29, 1.82) is 0 Å². The maximum absolute atomic E-state index is 10.1. The molecule has 0 saturated carbocycles. The third-order valence-electron chi connectivity index (χ3n) is 0.399. The van der Waals surface area contributed by atoms with Gasteiger partial charge in [-0.3, -0.25) is 0 Å². The fraction of sp³-hybridized carbons (Fsp3) is 0.500. The zero-order valence-electron chi connectivity index (χ0n) is 3.54. The van der Waals surface area contributed by atoms with Crippen LogP contribution in [0.3, 0.4) is 0 Å². The molecule has 0 rings (SSSR count). The van der Waals surface area contributed by atoms with Crippen LogP contribution in [-0.4, -0.2) is 11.4 Å². The highest BCUT2D eigenvalue weighted by Gasteiger charge is 2.31. The summed E-state index contributed by atoms with van der Waals surface area (Å²) in [4.78, 5) is 10.1. The Kier molecular flexibility index (Phi) is 2.61. The average Bonchev–Trinajstić information content (AvgIpc) is 1.31. The van der Waals surface area contributed by atoms with Gasteiger partial charge in [-0.1, -0.05) is 0 Å². The van der Waals surface area contributed by atoms with Crippen LogP contribution in [0.1, 0.15) is 6.92 Å². The average molecular weight is 177 g/mol. The van der Waals surface area contributed by atoms with E-state index < -0.39 is 6.00 Å². The Morgan fingerprint density at radius 2 is 1.57 bits per heavy atom. The van der Waals surface area contributed by atoms with Crippen LogP contribution in [0.15, 0.2) is 0 Å². The topological polar surface area (TPSA) is 17.1 Å². The molecule has 0 aliphatic rings. The minimum absolute atomic E-state index is 0.322. The standard InChI is InChI=1S/C2H3Cl3OSi/c1-2(6)7(3,4)5/h1H3. The minimum Gasteiger partial charge on any atom is -0.301 e. The first-order chi connectivity index (χ1) is 2.94. The SMILES string of the molecule is CC(=O)[Si](Cl)(Cl)Cl. The van der Waals surface area contributed by atoms with E-state index in [0.29, 0.717) is 0 Å². The van der Waals surface area contributed by atoms with Crippen molar-refractivity contribution in [3.8, 4) is 0 Å². The highest BCUT2D eigenvalue weighted by atomic mass is 35.8. The van der Waals surface area contributed by atoms with Gasteiger partial charge in [0.25, 0.3) is 0 Å². The predicted octanol–water partition coefficient (Wildman–Crippen LogP) is 1.77. The zero-order valence-corrected chi connectivity index (χ0v) is 6.81. The van der Waals surface area contributed by atoms with E-state index in [0.717, 1.165) is 0 Å². The van der Waals surface area contributed by atoms with Crippen molar-refractivity contribution in [2.75, 3.05) is 0 Å². The molecule has 42 valence electrons. The summed E-state index contributed by atoms with van der Waals surface area (Å²) < 4.78 is 0. The van der Waals surface area contributed by atoms with Crippen molar-refractivity contribution in [2.24, 2.45) is 0 Å². The van der Waals surface area contributed by atoms with Crippen LogP contribution in [0.25, 0.3) is 0 Å². The molecule has 0 atom stereocenters. The Morgan fingerprint density at radius 1 is 1.43 bits per heavy atom. The van der Waals surface area contributed by atoms with Crippen LogP contribution in [0.5, 0.6) is 0 Å². The van der Waals surface area contributed by atoms with Gasteiger partial charge < -0.3 is 4.79 Å².